The molecule has 0 saturated heterocycles. The molecule has 0 atom stereocenters. The van der Waals surface area contributed by atoms with Crippen molar-refractivity contribution in [3.63, 3.8) is 0 Å². The van der Waals surface area contributed by atoms with Crippen molar-refractivity contribution in [3.05, 3.63) is 65.0 Å². The lowest BCUT2D eigenvalue weighted by Crippen LogP contribution is -2.26. The number of sulfonamides is 1. The lowest BCUT2D eigenvalue weighted by atomic mass is 10.2. The van der Waals surface area contributed by atoms with E-state index in [2.05, 4.69) is 26.1 Å². The van der Waals surface area contributed by atoms with E-state index in [4.69, 9.17) is 4.52 Å². The van der Waals surface area contributed by atoms with Crippen LogP contribution in [0.25, 0.3) is 11.4 Å². The Balaban J connectivity index is 1.78. The highest BCUT2D eigenvalue weighted by Gasteiger charge is 2.23. The van der Waals surface area contributed by atoms with Gasteiger partial charge in [-0.2, -0.15) is 9.29 Å². The van der Waals surface area contributed by atoms with E-state index in [1.807, 2.05) is 30.3 Å². The van der Waals surface area contributed by atoms with Gasteiger partial charge in [-0.25, -0.2) is 8.42 Å². The molecule has 3 rings (SSSR count). The molecule has 0 N–H and O–H groups in total. The van der Waals surface area contributed by atoms with Gasteiger partial charge in [0.05, 0.1) is 11.4 Å². The summed E-state index contributed by atoms with van der Waals surface area (Å²) in [6, 6.07) is 15.8. The van der Waals surface area contributed by atoms with Crippen LogP contribution in [0.15, 0.2) is 68.5 Å². The number of benzene rings is 2. The molecule has 0 spiro atoms. The van der Waals surface area contributed by atoms with E-state index in [0.717, 1.165) is 10.0 Å². The monoisotopic (exact) mass is 407 g/mol. The summed E-state index contributed by atoms with van der Waals surface area (Å²) in [6.45, 7) is -0.00176. The van der Waals surface area contributed by atoms with Crippen molar-refractivity contribution in [2.45, 2.75) is 11.4 Å². The zero-order valence-electron chi connectivity index (χ0n) is 12.8. The first-order valence-corrected chi connectivity index (χ1v) is 9.30. The van der Waals surface area contributed by atoms with Crippen LogP contribution in [0.2, 0.25) is 0 Å². The first-order chi connectivity index (χ1) is 11.5. The molecule has 0 radical (unpaired) electrons. The van der Waals surface area contributed by atoms with Crippen molar-refractivity contribution >= 4 is 26.0 Å². The van der Waals surface area contributed by atoms with E-state index < -0.39 is 10.0 Å². The number of halogens is 1. The van der Waals surface area contributed by atoms with Crippen molar-refractivity contribution in [1.29, 1.82) is 0 Å². The van der Waals surface area contributed by atoms with E-state index in [0.29, 0.717) is 5.82 Å². The van der Waals surface area contributed by atoms with E-state index in [-0.39, 0.29) is 17.3 Å². The largest absolute Gasteiger partial charge is 0.338 e. The van der Waals surface area contributed by atoms with Crippen LogP contribution in [0.5, 0.6) is 0 Å². The molecule has 0 amide bonds. The molecule has 0 unspecified atom stereocenters. The van der Waals surface area contributed by atoms with Crippen LogP contribution in [0, 0.1) is 0 Å². The number of rotatable bonds is 5. The molecule has 6 nitrogen and oxygen atoms in total. The molecule has 24 heavy (non-hydrogen) atoms. The molecule has 0 bridgehead atoms. The van der Waals surface area contributed by atoms with Crippen molar-refractivity contribution in [1.82, 2.24) is 14.4 Å². The Labute approximate surface area is 148 Å². The minimum absolute atomic E-state index is 0.00176. The highest BCUT2D eigenvalue weighted by atomic mass is 79.9. The Morgan fingerprint density at radius 2 is 1.75 bits per heavy atom. The van der Waals surface area contributed by atoms with E-state index in [1.165, 1.54) is 11.4 Å². The Morgan fingerprint density at radius 1 is 1.08 bits per heavy atom. The minimum atomic E-state index is -3.62. The SMILES string of the molecule is CN(Cc1nc(-c2ccccc2)no1)S(=O)(=O)c1ccc(Br)cc1. The average Bonchev–Trinajstić information content (AvgIpc) is 3.04. The topological polar surface area (TPSA) is 76.3 Å². The lowest BCUT2D eigenvalue weighted by molar-refractivity contribution is 0.337. The van der Waals surface area contributed by atoms with E-state index >= 15 is 0 Å². The lowest BCUT2D eigenvalue weighted by Gasteiger charge is -2.14. The zero-order valence-corrected chi connectivity index (χ0v) is 15.2. The maximum absolute atomic E-state index is 12.5. The van der Waals surface area contributed by atoms with Gasteiger partial charge in [0.25, 0.3) is 0 Å². The van der Waals surface area contributed by atoms with E-state index in [9.17, 15) is 8.42 Å². The van der Waals surface area contributed by atoms with Crippen LogP contribution in [0.3, 0.4) is 0 Å². The molecular weight excluding hydrogens is 394 g/mol. The average molecular weight is 408 g/mol. The second kappa shape index (κ2) is 6.84. The number of nitrogens with zero attached hydrogens (tertiary/aromatic N) is 3. The molecular formula is C16H14BrN3O3S. The van der Waals surface area contributed by atoms with Gasteiger partial charge in [-0.15, -0.1) is 0 Å². The Hall–Kier alpha value is -2.03. The van der Waals surface area contributed by atoms with Crippen LogP contribution in [0.4, 0.5) is 0 Å². The summed E-state index contributed by atoms with van der Waals surface area (Å²) in [4.78, 5) is 4.46. The van der Waals surface area contributed by atoms with Gasteiger partial charge in [0.15, 0.2) is 0 Å². The molecule has 0 fully saturated rings. The molecule has 2 aromatic carbocycles. The van der Waals surface area contributed by atoms with Gasteiger partial charge in [-0.1, -0.05) is 51.4 Å². The summed E-state index contributed by atoms with van der Waals surface area (Å²) in [5, 5.41) is 3.89. The predicted octanol–water partition coefficient (Wildman–Crippen LogP) is 3.32. The summed E-state index contributed by atoms with van der Waals surface area (Å²) < 4.78 is 32.2. The molecule has 1 aromatic heterocycles. The molecule has 0 aliphatic heterocycles. The molecule has 3 aromatic rings. The smallest absolute Gasteiger partial charge is 0.243 e. The molecule has 124 valence electrons. The number of aromatic nitrogens is 2. The van der Waals surface area contributed by atoms with Crippen molar-refractivity contribution < 1.29 is 12.9 Å². The fraction of sp³-hybridized carbons (Fsp3) is 0.125. The van der Waals surface area contributed by atoms with Gasteiger partial charge in [-0.05, 0) is 24.3 Å². The quantitative estimate of drug-likeness (QED) is 0.648. The zero-order chi connectivity index (χ0) is 17.2. The van der Waals surface area contributed by atoms with Gasteiger partial charge in [0, 0.05) is 17.1 Å². The van der Waals surface area contributed by atoms with Gasteiger partial charge in [0.2, 0.25) is 21.7 Å². The van der Waals surface area contributed by atoms with Gasteiger partial charge in [0.1, 0.15) is 0 Å². The fourth-order valence-corrected chi connectivity index (χ4v) is 3.47. The first-order valence-electron chi connectivity index (χ1n) is 7.07. The van der Waals surface area contributed by atoms with Crippen molar-refractivity contribution in [2.24, 2.45) is 0 Å². The minimum Gasteiger partial charge on any atom is -0.338 e. The Morgan fingerprint density at radius 3 is 2.42 bits per heavy atom. The van der Waals surface area contributed by atoms with Gasteiger partial charge < -0.3 is 4.52 Å². The van der Waals surface area contributed by atoms with Crippen LogP contribution < -0.4 is 0 Å². The van der Waals surface area contributed by atoms with E-state index in [1.54, 1.807) is 24.3 Å². The third-order valence-electron chi connectivity index (χ3n) is 3.38. The molecule has 0 aliphatic rings. The fourth-order valence-electron chi connectivity index (χ4n) is 2.09. The number of hydrogen-bond acceptors (Lipinski definition) is 5. The molecule has 1 heterocycles. The maximum atomic E-state index is 12.5. The van der Waals surface area contributed by atoms with Crippen molar-refractivity contribution in [3.8, 4) is 11.4 Å². The first kappa shape index (κ1) is 16.8. The highest BCUT2D eigenvalue weighted by Crippen LogP contribution is 2.20. The second-order valence-electron chi connectivity index (χ2n) is 5.09. The third kappa shape index (κ3) is 3.55. The summed E-state index contributed by atoms with van der Waals surface area (Å²) >= 11 is 3.29. The predicted molar refractivity (Wildman–Crippen MR) is 92.5 cm³/mol. The second-order valence-corrected chi connectivity index (χ2v) is 8.05. The van der Waals surface area contributed by atoms with Crippen LogP contribution in [-0.2, 0) is 16.6 Å². The van der Waals surface area contributed by atoms with Crippen LogP contribution in [-0.4, -0.2) is 29.9 Å². The third-order valence-corrected chi connectivity index (χ3v) is 5.73. The normalized spacial score (nSPS) is 11.8. The molecule has 8 heteroatoms. The van der Waals surface area contributed by atoms with Crippen molar-refractivity contribution in [2.75, 3.05) is 7.05 Å². The highest BCUT2D eigenvalue weighted by molar-refractivity contribution is 9.10. The van der Waals surface area contributed by atoms with Gasteiger partial charge >= 0.3 is 0 Å². The van der Waals surface area contributed by atoms with Crippen LogP contribution in [0.1, 0.15) is 5.89 Å². The summed E-state index contributed by atoms with van der Waals surface area (Å²) in [7, 11) is -2.15. The molecule has 0 aliphatic carbocycles. The summed E-state index contributed by atoms with van der Waals surface area (Å²) in [5.74, 6) is 0.664. The van der Waals surface area contributed by atoms with Crippen LogP contribution >= 0.6 is 15.9 Å². The summed E-state index contributed by atoms with van der Waals surface area (Å²) in [6.07, 6.45) is 0. The standard InChI is InChI=1S/C16H14BrN3O3S/c1-20(24(21,22)14-9-7-13(17)8-10-14)11-15-18-16(19-23-15)12-5-3-2-4-6-12/h2-10H,11H2,1H3. The number of hydrogen-bond donors (Lipinski definition) is 0. The molecule has 0 saturated carbocycles. The maximum Gasteiger partial charge on any atom is 0.243 e. The Kier molecular flexibility index (Phi) is 4.79. The summed E-state index contributed by atoms with van der Waals surface area (Å²) in [5.41, 5.74) is 0.811. The van der Waals surface area contributed by atoms with Gasteiger partial charge in [-0.3, -0.25) is 0 Å². The Bertz CT molecular complexity index is 925.